The number of benzene rings is 1. The topological polar surface area (TPSA) is 77.0 Å². The van der Waals surface area contributed by atoms with Crippen LogP contribution < -0.4 is 16.8 Å². The molecule has 0 amide bonds. The first-order chi connectivity index (χ1) is 8.84. The lowest BCUT2D eigenvalue weighted by Gasteiger charge is -2.06. The molecule has 1 heterocycles. The summed E-state index contributed by atoms with van der Waals surface area (Å²) in [5.41, 5.74) is 11.8. The summed E-state index contributed by atoms with van der Waals surface area (Å²) < 4.78 is 0. The molecule has 18 heavy (non-hydrogen) atoms. The zero-order valence-corrected chi connectivity index (χ0v) is 10.4. The number of pyridine rings is 1. The summed E-state index contributed by atoms with van der Waals surface area (Å²) in [6, 6.07) is 15.7. The minimum Gasteiger partial charge on any atom is -0.382 e. The van der Waals surface area contributed by atoms with E-state index in [2.05, 4.69) is 10.3 Å². The smallest absolute Gasteiger partial charge is 0.146 e. The van der Waals surface area contributed by atoms with Crippen molar-refractivity contribution in [1.82, 2.24) is 4.98 Å². The van der Waals surface area contributed by atoms with E-state index in [-0.39, 0.29) is 0 Å². The van der Waals surface area contributed by atoms with Crippen molar-refractivity contribution in [2.24, 2.45) is 5.73 Å². The average molecular weight is 244 g/mol. The number of nitrogens with zero attached hydrogens (tertiary/aromatic N) is 1. The molecule has 0 radical (unpaired) electrons. The van der Waals surface area contributed by atoms with Gasteiger partial charge in [-0.15, -0.1) is 0 Å². The molecule has 0 unspecified atom stereocenters. The van der Waals surface area contributed by atoms with Crippen LogP contribution in [0, 0.1) is 0 Å². The average Bonchev–Trinajstić information content (AvgIpc) is 2.44. The van der Waals surface area contributed by atoms with Crippen LogP contribution in [0.15, 0.2) is 54.7 Å². The molecule has 0 saturated carbocycles. The van der Waals surface area contributed by atoms with Crippen LogP contribution in [-0.4, -0.2) is 18.1 Å². The normalized spacial score (nSPS) is 9.17. The summed E-state index contributed by atoms with van der Waals surface area (Å²) in [6.07, 6.45) is 2.61. The summed E-state index contributed by atoms with van der Waals surface area (Å²) in [6.45, 7) is 1.53. The predicted molar refractivity (Wildman–Crippen MR) is 77.3 cm³/mol. The molecule has 2 rings (SSSR count). The number of aromatic nitrogens is 1. The molecular weight excluding hydrogens is 224 g/mol. The second kappa shape index (κ2) is 9.01. The third-order valence-electron chi connectivity index (χ3n) is 2.20. The van der Waals surface area contributed by atoms with E-state index < -0.39 is 0 Å². The molecule has 1 aromatic heterocycles. The van der Waals surface area contributed by atoms with Gasteiger partial charge in [-0.25, -0.2) is 4.98 Å². The highest BCUT2D eigenvalue weighted by Gasteiger charge is 1.95. The monoisotopic (exact) mass is 244 g/mol. The van der Waals surface area contributed by atoms with Gasteiger partial charge in [-0.3, -0.25) is 0 Å². The fourth-order valence-electron chi connectivity index (χ4n) is 1.28. The van der Waals surface area contributed by atoms with Crippen molar-refractivity contribution in [3.05, 3.63) is 54.7 Å². The molecule has 0 bridgehead atoms. The lowest BCUT2D eigenvalue weighted by atomic mass is 10.3. The van der Waals surface area contributed by atoms with Gasteiger partial charge in [-0.05, 0) is 25.1 Å². The van der Waals surface area contributed by atoms with Crippen LogP contribution in [0.1, 0.15) is 6.42 Å². The van der Waals surface area contributed by atoms with Crippen LogP contribution in [-0.2, 0) is 0 Å². The number of nitrogens with two attached hydrogens (primary N) is 2. The van der Waals surface area contributed by atoms with Gasteiger partial charge in [-0.1, -0.05) is 36.4 Å². The molecule has 0 saturated heterocycles. The highest BCUT2D eigenvalue weighted by atomic mass is 14.9. The first-order valence-corrected chi connectivity index (χ1v) is 5.99. The molecule has 0 fully saturated rings. The fourth-order valence-corrected chi connectivity index (χ4v) is 1.28. The van der Waals surface area contributed by atoms with Gasteiger partial charge >= 0.3 is 0 Å². The molecule has 0 aliphatic carbocycles. The second-order valence-electron chi connectivity index (χ2n) is 3.66. The van der Waals surface area contributed by atoms with Crippen LogP contribution in [0.5, 0.6) is 0 Å². The molecule has 0 aliphatic heterocycles. The third-order valence-corrected chi connectivity index (χ3v) is 2.20. The molecule has 1 aromatic carbocycles. The summed E-state index contributed by atoms with van der Waals surface area (Å²) in [4.78, 5) is 3.94. The summed E-state index contributed by atoms with van der Waals surface area (Å²) in [7, 11) is 0. The van der Waals surface area contributed by atoms with E-state index in [0.29, 0.717) is 12.4 Å². The van der Waals surface area contributed by atoms with Gasteiger partial charge in [0.15, 0.2) is 0 Å². The summed E-state index contributed by atoms with van der Waals surface area (Å²) in [5, 5.41) is 3.15. The Balaban J connectivity index is 0.000000225. The molecule has 2 aromatic rings. The maximum atomic E-state index is 5.60. The van der Waals surface area contributed by atoms with Crippen molar-refractivity contribution in [2.75, 3.05) is 24.1 Å². The number of hydrogen-bond acceptors (Lipinski definition) is 4. The lowest BCUT2D eigenvalue weighted by Crippen LogP contribution is -2.09. The van der Waals surface area contributed by atoms with E-state index in [1.165, 1.54) is 0 Å². The zero-order valence-electron chi connectivity index (χ0n) is 10.4. The van der Waals surface area contributed by atoms with Crippen LogP contribution in [0.4, 0.5) is 11.5 Å². The third kappa shape index (κ3) is 5.86. The molecule has 0 spiro atoms. The summed E-state index contributed by atoms with van der Waals surface area (Å²) >= 11 is 0. The highest BCUT2D eigenvalue weighted by Crippen LogP contribution is 2.12. The molecule has 4 nitrogen and oxygen atoms in total. The van der Waals surface area contributed by atoms with Gasteiger partial charge in [0.05, 0.1) is 5.69 Å². The van der Waals surface area contributed by atoms with Gasteiger partial charge in [0, 0.05) is 12.7 Å². The van der Waals surface area contributed by atoms with Crippen molar-refractivity contribution in [1.29, 1.82) is 0 Å². The Bertz CT molecular complexity index is 390. The van der Waals surface area contributed by atoms with Gasteiger partial charge in [0.1, 0.15) is 5.82 Å². The minimum absolute atomic E-state index is 0.537. The van der Waals surface area contributed by atoms with E-state index in [1.807, 2.05) is 48.5 Å². The quantitative estimate of drug-likeness (QED) is 0.720. The molecule has 0 atom stereocenters. The minimum atomic E-state index is 0.537. The zero-order chi connectivity index (χ0) is 13.1. The Hall–Kier alpha value is -2.07. The predicted octanol–water partition coefficient (Wildman–Crippen LogP) is 2.11. The van der Waals surface area contributed by atoms with Crippen molar-refractivity contribution >= 4 is 11.5 Å². The molecule has 0 aliphatic rings. The number of hydrogen-bond donors (Lipinski definition) is 3. The largest absolute Gasteiger partial charge is 0.382 e. The molecule has 4 heteroatoms. The van der Waals surface area contributed by atoms with E-state index in [4.69, 9.17) is 11.5 Å². The van der Waals surface area contributed by atoms with Gasteiger partial charge in [0.25, 0.3) is 0 Å². The lowest BCUT2D eigenvalue weighted by molar-refractivity contribution is 0.874. The molecule has 5 N–H and O–H groups in total. The van der Waals surface area contributed by atoms with E-state index in [1.54, 1.807) is 6.20 Å². The van der Waals surface area contributed by atoms with Crippen molar-refractivity contribution in [2.45, 2.75) is 6.42 Å². The number of nitrogen functional groups attached to an aromatic ring is 1. The van der Waals surface area contributed by atoms with Gasteiger partial charge < -0.3 is 16.8 Å². The van der Waals surface area contributed by atoms with Crippen LogP contribution in [0.2, 0.25) is 0 Å². The van der Waals surface area contributed by atoms with Crippen LogP contribution in [0.3, 0.4) is 0 Å². The summed E-state index contributed by atoms with van der Waals surface area (Å²) in [5.74, 6) is 0.537. The standard InChI is InChI=1S/C8H14N4.C6H6/c9-4-2-6-11-7-3-1-5-12-8(7)10;1-2-4-6-5-3-1/h1,3,5,11H,2,4,6,9H2,(H2,10,12);1-6H. The Morgan fingerprint density at radius 3 is 2.11 bits per heavy atom. The van der Waals surface area contributed by atoms with E-state index in [9.17, 15) is 0 Å². The first kappa shape index (κ1) is 14.0. The van der Waals surface area contributed by atoms with Crippen molar-refractivity contribution in [3.8, 4) is 0 Å². The Kier molecular flexibility index (Phi) is 7.01. The highest BCUT2D eigenvalue weighted by molar-refractivity contribution is 5.60. The maximum Gasteiger partial charge on any atom is 0.146 e. The SMILES string of the molecule is NCCCNc1cccnc1N.c1ccccc1. The number of rotatable bonds is 4. The van der Waals surface area contributed by atoms with E-state index in [0.717, 1.165) is 18.7 Å². The Labute approximate surface area is 108 Å². The van der Waals surface area contributed by atoms with Crippen molar-refractivity contribution < 1.29 is 0 Å². The van der Waals surface area contributed by atoms with Gasteiger partial charge in [-0.2, -0.15) is 0 Å². The van der Waals surface area contributed by atoms with Crippen LogP contribution in [0.25, 0.3) is 0 Å². The maximum absolute atomic E-state index is 5.60. The van der Waals surface area contributed by atoms with Gasteiger partial charge in [0.2, 0.25) is 0 Å². The van der Waals surface area contributed by atoms with Crippen LogP contribution >= 0.6 is 0 Å². The first-order valence-electron chi connectivity index (χ1n) is 5.99. The Morgan fingerprint density at radius 2 is 1.61 bits per heavy atom. The van der Waals surface area contributed by atoms with Crippen molar-refractivity contribution in [3.63, 3.8) is 0 Å². The molecular formula is C14H20N4. The Morgan fingerprint density at radius 1 is 1.00 bits per heavy atom. The van der Waals surface area contributed by atoms with E-state index >= 15 is 0 Å². The fraction of sp³-hybridized carbons (Fsp3) is 0.214. The number of nitrogens with one attached hydrogen (secondary N) is 1. The number of anilines is 2. The molecule has 96 valence electrons. The second-order valence-corrected chi connectivity index (χ2v) is 3.66.